The standard InChI is InChI=1S/C24H27BrN2O3/c1-28-22-10-8-16(12-23(22)29-2)19-14-20-18-13-17(25)9-11-21(18)30-24(27(20)26-19)15-6-4-3-5-7-15/h8-13,15,20,24H,3-7,14H2,1-2H3/t20-,24-/m1/s1. The van der Waals surface area contributed by atoms with E-state index in [2.05, 4.69) is 45.2 Å². The summed E-state index contributed by atoms with van der Waals surface area (Å²) in [6, 6.07) is 12.6. The molecule has 0 unspecified atom stereocenters. The van der Waals surface area contributed by atoms with Crippen molar-refractivity contribution in [1.29, 1.82) is 0 Å². The third-order valence-electron chi connectivity index (χ3n) is 6.55. The van der Waals surface area contributed by atoms with Crippen LogP contribution in [-0.2, 0) is 0 Å². The summed E-state index contributed by atoms with van der Waals surface area (Å²) in [5.74, 6) is 2.98. The maximum Gasteiger partial charge on any atom is 0.190 e. The Labute approximate surface area is 186 Å². The smallest absolute Gasteiger partial charge is 0.190 e. The lowest BCUT2D eigenvalue weighted by molar-refractivity contribution is -0.0644. The van der Waals surface area contributed by atoms with Crippen LogP contribution in [0.1, 0.15) is 55.7 Å². The van der Waals surface area contributed by atoms with E-state index in [4.69, 9.17) is 19.3 Å². The Kier molecular flexibility index (Phi) is 5.35. The monoisotopic (exact) mass is 470 g/mol. The van der Waals surface area contributed by atoms with Crippen LogP contribution in [0.15, 0.2) is 46.0 Å². The van der Waals surface area contributed by atoms with Crippen molar-refractivity contribution in [2.45, 2.75) is 50.8 Å². The molecule has 30 heavy (non-hydrogen) atoms. The molecule has 0 spiro atoms. The number of hydrogen-bond donors (Lipinski definition) is 0. The van der Waals surface area contributed by atoms with E-state index in [1.54, 1.807) is 14.2 Å². The van der Waals surface area contributed by atoms with Gasteiger partial charge in [-0.3, -0.25) is 0 Å². The highest BCUT2D eigenvalue weighted by atomic mass is 79.9. The lowest BCUT2D eigenvalue weighted by Gasteiger charge is -2.42. The molecule has 0 N–H and O–H groups in total. The Morgan fingerprint density at radius 1 is 1.00 bits per heavy atom. The summed E-state index contributed by atoms with van der Waals surface area (Å²) in [5.41, 5.74) is 3.34. The highest BCUT2D eigenvalue weighted by Crippen LogP contribution is 2.47. The molecule has 2 aromatic carbocycles. The minimum Gasteiger partial charge on any atom is -0.493 e. The van der Waals surface area contributed by atoms with Crippen LogP contribution in [0.25, 0.3) is 0 Å². The van der Waals surface area contributed by atoms with Gasteiger partial charge in [0.15, 0.2) is 17.7 Å². The third kappa shape index (κ3) is 3.45. The first-order valence-electron chi connectivity index (χ1n) is 10.7. The van der Waals surface area contributed by atoms with E-state index in [1.807, 2.05) is 12.1 Å². The second-order valence-electron chi connectivity index (χ2n) is 8.31. The van der Waals surface area contributed by atoms with Gasteiger partial charge in [0.1, 0.15) is 5.75 Å². The molecule has 2 aromatic rings. The average molecular weight is 471 g/mol. The van der Waals surface area contributed by atoms with Gasteiger partial charge in [-0.05, 0) is 49.2 Å². The number of ether oxygens (including phenoxy) is 3. The van der Waals surface area contributed by atoms with Crippen LogP contribution in [0.4, 0.5) is 0 Å². The van der Waals surface area contributed by atoms with E-state index in [0.29, 0.717) is 5.92 Å². The van der Waals surface area contributed by atoms with Crippen LogP contribution in [0.5, 0.6) is 17.2 Å². The number of hydrazone groups is 1. The van der Waals surface area contributed by atoms with E-state index in [1.165, 1.54) is 37.7 Å². The van der Waals surface area contributed by atoms with Gasteiger partial charge < -0.3 is 14.2 Å². The highest BCUT2D eigenvalue weighted by Gasteiger charge is 2.43. The van der Waals surface area contributed by atoms with Gasteiger partial charge in [-0.15, -0.1) is 0 Å². The van der Waals surface area contributed by atoms with E-state index in [-0.39, 0.29) is 12.3 Å². The van der Waals surface area contributed by atoms with Crippen molar-refractivity contribution in [3.05, 3.63) is 52.0 Å². The SMILES string of the molecule is COc1ccc(C2=NN3[C@H](C2)c2cc(Br)ccc2O[C@@H]3C2CCCCC2)cc1OC. The van der Waals surface area contributed by atoms with Gasteiger partial charge in [0.05, 0.1) is 26.0 Å². The first kappa shape index (κ1) is 19.7. The molecule has 1 aliphatic carbocycles. The fourth-order valence-corrected chi connectivity index (χ4v) is 5.39. The molecule has 1 saturated carbocycles. The molecule has 0 saturated heterocycles. The maximum absolute atomic E-state index is 6.56. The topological polar surface area (TPSA) is 43.3 Å². The molecule has 5 nitrogen and oxygen atoms in total. The van der Waals surface area contributed by atoms with Crippen molar-refractivity contribution in [2.75, 3.05) is 14.2 Å². The zero-order valence-corrected chi connectivity index (χ0v) is 19.0. The molecule has 0 aromatic heterocycles. The molecule has 5 rings (SSSR count). The average Bonchev–Trinajstić information content (AvgIpc) is 3.24. The van der Waals surface area contributed by atoms with E-state index >= 15 is 0 Å². The molecule has 2 heterocycles. The fourth-order valence-electron chi connectivity index (χ4n) is 5.01. The Hall–Kier alpha value is -2.21. The molecular weight excluding hydrogens is 444 g/mol. The molecule has 0 amide bonds. The number of hydrogen-bond acceptors (Lipinski definition) is 5. The quantitative estimate of drug-likeness (QED) is 0.556. The Balaban J connectivity index is 1.53. The molecule has 2 aliphatic heterocycles. The van der Waals surface area contributed by atoms with Crippen molar-refractivity contribution in [3.63, 3.8) is 0 Å². The zero-order valence-electron chi connectivity index (χ0n) is 17.4. The summed E-state index contributed by atoms with van der Waals surface area (Å²) >= 11 is 3.63. The Bertz CT molecular complexity index is 971. The number of fused-ring (bicyclic) bond motifs is 3. The number of halogens is 1. The molecule has 0 bridgehead atoms. The summed E-state index contributed by atoms with van der Waals surface area (Å²) in [5, 5.41) is 7.34. The molecule has 3 aliphatic rings. The van der Waals surface area contributed by atoms with Gasteiger partial charge in [0, 0.05) is 27.9 Å². The first-order chi connectivity index (χ1) is 14.7. The van der Waals surface area contributed by atoms with Crippen LogP contribution in [0.3, 0.4) is 0 Å². The van der Waals surface area contributed by atoms with Gasteiger partial charge in [-0.2, -0.15) is 5.10 Å². The second kappa shape index (κ2) is 8.14. The minimum atomic E-state index is 0.00150. The highest BCUT2D eigenvalue weighted by molar-refractivity contribution is 9.10. The zero-order chi connectivity index (χ0) is 20.7. The number of nitrogens with zero attached hydrogens (tertiary/aromatic N) is 2. The molecule has 0 radical (unpaired) electrons. The van der Waals surface area contributed by atoms with Crippen LogP contribution in [-0.4, -0.2) is 31.2 Å². The van der Waals surface area contributed by atoms with Gasteiger partial charge >= 0.3 is 0 Å². The van der Waals surface area contributed by atoms with Crippen molar-refractivity contribution >= 4 is 21.6 Å². The third-order valence-corrected chi connectivity index (χ3v) is 7.04. The molecular formula is C24H27BrN2O3. The lowest BCUT2D eigenvalue weighted by atomic mass is 9.86. The number of rotatable bonds is 4. The van der Waals surface area contributed by atoms with Gasteiger partial charge in [0.2, 0.25) is 0 Å². The van der Waals surface area contributed by atoms with Crippen molar-refractivity contribution in [2.24, 2.45) is 11.0 Å². The largest absolute Gasteiger partial charge is 0.493 e. The predicted molar refractivity (Wildman–Crippen MR) is 120 cm³/mol. The van der Waals surface area contributed by atoms with E-state index in [9.17, 15) is 0 Å². The predicted octanol–water partition coefficient (Wildman–Crippen LogP) is 5.92. The summed E-state index contributed by atoms with van der Waals surface area (Å²) in [6.07, 6.45) is 7.16. The number of methoxy groups -OCH3 is 2. The van der Waals surface area contributed by atoms with E-state index < -0.39 is 0 Å². The first-order valence-corrected chi connectivity index (χ1v) is 11.5. The van der Waals surface area contributed by atoms with Crippen LogP contribution >= 0.6 is 15.9 Å². The van der Waals surface area contributed by atoms with Crippen molar-refractivity contribution < 1.29 is 14.2 Å². The van der Waals surface area contributed by atoms with Crippen molar-refractivity contribution in [3.8, 4) is 17.2 Å². The summed E-state index contributed by atoms with van der Waals surface area (Å²) in [6.45, 7) is 0. The maximum atomic E-state index is 6.56. The summed E-state index contributed by atoms with van der Waals surface area (Å²) in [7, 11) is 3.33. The van der Waals surface area contributed by atoms with Gasteiger partial charge in [0.25, 0.3) is 0 Å². The van der Waals surface area contributed by atoms with E-state index in [0.717, 1.165) is 39.4 Å². The van der Waals surface area contributed by atoms with Gasteiger partial charge in [-0.25, -0.2) is 5.01 Å². The summed E-state index contributed by atoms with van der Waals surface area (Å²) in [4.78, 5) is 0. The normalized spacial score (nSPS) is 23.3. The van der Waals surface area contributed by atoms with Crippen LogP contribution < -0.4 is 14.2 Å². The Morgan fingerprint density at radius 3 is 2.57 bits per heavy atom. The molecule has 158 valence electrons. The number of benzene rings is 2. The fraction of sp³-hybridized carbons (Fsp3) is 0.458. The van der Waals surface area contributed by atoms with Crippen LogP contribution in [0.2, 0.25) is 0 Å². The van der Waals surface area contributed by atoms with Crippen molar-refractivity contribution in [1.82, 2.24) is 5.01 Å². The van der Waals surface area contributed by atoms with Gasteiger partial charge in [-0.1, -0.05) is 35.2 Å². The molecule has 6 heteroatoms. The minimum absolute atomic E-state index is 0.00150. The molecule has 2 atom stereocenters. The Morgan fingerprint density at radius 2 is 1.80 bits per heavy atom. The van der Waals surface area contributed by atoms with Crippen LogP contribution in [0, 0.1) is 5.92 Å². The lowest BCUT2D eigenvalue weighted by Crippen LogP contribution is -2.45. The summed E-state index contributed by atoms with van der Waals surface area (Å²) < 4.78 is 18.6. The molecule has 1 fully saturated rings. The second-order valence-corrected chi connectivity index (χ2v) is 9.22.